The summed E-state index contributed by atoms with van der Waals surface area (Å²) in [6.45, 7) is 7.59. The minimum Gasteiger partial charge on any atom is -0.370 e. The van der Waals surface area contributed by atoms with Crippen molar-refractivity contribution in [3.05, 3.63) is 115 Å². The van der Waals surface area contributed by atoms with E-state index in [9.17, 15) is 0 Å². The monoisotopic (exact) mass is 499 g/mol. The average Bonchev–Trinajstić information content (AvgIpc) is 2.98. The van der Waals surface area contributed by atoms with Gasteiger partial charge in [-0.3, -0.25) is 4.98 Å². The number of rotatable bonds is 6. The zero-order valence-electron chi connectivity index (χ0n) is 22.1. The van der Waals surface area contributed by atoms with Crippen molar-refractivity contribution in [2.24, 2.45) is 11.8 Å². The average molecular weight is 500 g/mol. The van der Waals surface area contributed by atoms with Gasteiger partial charge < -0.3 is 9.22 Å². The Bertz CT molecular complexity index is 1600. The Balaban J connectivity index is 1.41. The van der Waals surface area contributed by atoms with Crippen LogP contribution in [0.15, 0.2) is 104 Å². The minimum atomic E-state index is 0.0118. The first-order valence-corrected chi connectivity index (χ1v) is 13.9. The van der Waals surface area contributed by atoms with Crippen LogP contribution in [0, 0.1) is 11.8 Å². The number of quaternary nitrogens is 1. The lowest BCUT2D eigenvalue weighted by Crippen LogP contribution is -2.67. The van der Waals surface area contributed by atoms with E-state index in [1.165, 1.54) is 51.0 Å². The second-order valence-electron chi connectivity index (χ2n) is 11.4. The van der Waals surface area contributed by atoms with E-state index in [2.05, 4.69) is 103 Å². The van der Waals surface area contributed by atoms with Crippen LogP contribution in [0.2, 0.25) is 0 Å². The molecule has 0 saturated carbocycles. The Hall–Kier alpha value is -3.53. The van der Waals surface area contributed by atoms with E-state index < -0.39 is 0 Å². The van der Waals surface area contributed by atoms with Gasteiger partial charge in [-0.2, -0.15) is 0 Å². The maximum atomic E-state index is 6.47. The maximum Gasteiger partial charge on any atom is 0.135 e. The maximum absolute atomic E-state index is 6.47. The van der Waals surface area contributed by atoms with E-state index in [1.807, 2.05) is 13.3 Å². The van der Waals surface area contributed by atoms with E-state index in [0.717, 1.165) is 29.5 Å². The molecule has 5 aromatic rings. The highest BCUT2D eigenvalue weighted by atomic mass is 16.5. The molecule has 0 radical (unpaired) electrons. The molecule has 4 aromatic carbocycles. The Labute approximate surface area is 225 Å². The van der Waals surface area contributed by atoms with Crippen LogP contribution in [0.5, 0.6) is 0 Å². The van der Waals surface area contributed by atoms with Crippen molar-refractivity contribution in [2.75, 3.05) is 20.2 Å². The number of benzene rings is 4. The van der Waals surface area contributed by atoms with Gasteiger partial charge in [-0.1, -0.05) is 72.8 Å². The third-order valence-corrected chi connectivity index (χ3v) is 9.62. The van der Waals surface area contributed by atoms with Gasteiger partial charge in [0.05, 0.1) is 18.6 Å². The second-order valence-corrected chi connectivity index (χ2v) is 11.4. The fourth-order valence-corrected chi connectivity index (χ4v) is 7.81. The van der Waals surface area contributed by atoms with E-state index in [-0.39, 0.29) is 6.10 Å². The molecule has 3 aliphatic heterocycles. The lowest BCUT2D eigenvalue weighted by Gasteiger charge is -2.58. The van der Waals surface area contributed by atoms with Crippen molar-refractivity contribution in [2.45, 2.75) is 31.5 Å². The number of ether oxygens (including phenoxy) is 1. The lowest BCUT2D eigenvalue weighted by molar-refractivity contribution is -0.984. The first kappa shape index (κ1) is 23.6. The van der Waals surface area contributed by atoms with Crippen LogP contribution in [-0.4, -0.2) is 35.7 Å². The van der Waals surface area contributed by atoms with Crippen LogP contribution in [0.1, 0.15) is 30.1 Å². The molecule has 3 aliphatic rings. The fraction of sp³-hybridized carbons (Fsp3) is 0.286. The Kier molecular flexibility index (Phi) is 5.79. The summed E-state index contributed by atoms with van der Waals surface area (Å²) in [6, 6.07) is 31.3. The van der Waals surface area contributed by atoms with Crippen LogP contribution in [0.4, 0.5) is 0 Å². The van der Waals surface area contributed by atoms with Crippen LogP contribution in [0.25, 0.3) is 32.4 Å². The Morgan fingerprint density at radius 1 is 0.947 bits per heavy atom. The number of para-hydroxylation sites is 1. The Morgan fingerprint density at radius 2 is 1.63 bits per heavy atom. The van der Waals surface area contributed by atoms with Crippen molar-refractivity contribution >= 4 is 32.4 Å². The lowest BCUT2D eigenvalue weighted by atomic mass is 9.71. The van der Waals surface area contributed by atoms with Crippen molar-refractivity contribution in [1.82, 2.24) is 4.98 Å². The first-order valence-electron chi connectivity index (χ1n) is 13.9. The fourth-order valence-electron chi connectivity index (χ4n) is 7.81. The summed E-state index contributed by atoms with van der Waals surface area (Å²) in [5.41, 5.74) is 3.78. The number of hydrogen-bond acceptors (Lipinski definition) is 2. The molecular formula is C35H35N2O+. The normalized spacial score (nSPS) is 25.7. The SMILES string of the molecule is C=CC1C[N+]2(Cc3c4ccccc4cc4ccccc34)CCC1CC2[C@H](OC)c1ccnc2ccccc12. The van der Waals surface area contributed by atoms with Crippen molar-refractivity contribution < 1.29 is 9.22 Å². The summed E-state index contributed by atoms with van der Waals surface area (Å²) in [7, 11) is 1.90. The quantitative estimate of drug-likeness (QED) is 0.135. The van der Waals surface area contributed by atoms with Gasteiger partial charge in [0.1, 0.15) is 18.7 Å². The Morgan fingerprint density at radius 3 is 2.34 bits per heavy atom. The molecule has 3 fully saturated rings. The number of aromatic nitrogens is 1. The minimum absolute atomic E-state index is 0.0118. The van der Waals surface area contributed by atoms with E-state index in [1.54, 1.807) is 0 Å². The van der Waals surface area contributed by atoms with Gasteiger partial charge in [-0.25, -0.2) is 0 Å². The predicted molar refractivity (Wildman–Crippen MR) is 157 cm³/mol. The molecule has 4 heterocycles. The van der Waals surface area contributed by atoms with Gasteiger partial charge in [0, 0.05) is 43.0 Å². The number of nitrogens with zero attached hydrogens (tertiary/aromatic N) is 2. The molecule has 0 N–H and O–H groups in total. The molecule has 5 atom stereocenters. The van der Waals surface area contributed by atoms with Gasteiger partial charge in [0.2, 0.25) is 0 Å². The second kappa shape index (κ2) is 9.34. The summed E-state index contributed by atoms with van der Waals surface area (Å²) in [4.78, 5) is 4.66. The number of pyridine rings is 1. The highest BCUT2D eigenvalue weighted by Crippen LogP contribution is 2.49. The molecule has 0 aliphatic carbocycles. The molecule has 0 amide bonds. The largest absolute Gasteiger partial charge is 0.370 e. The summed E-state index contributed by atoms with van der Waals surface area (Å²) >= 11 is 0. The third-order valence-electron chi connectivity index (χ3n) is 9.62. The van der Waals surface area contributed by atoms with Crippen molar-refractivity contribution in [3.63, 3.8) is 0 Å². The van der Waals surface area contributed by atoms with Gasteiger partial charge in [-0.15, -0.1) is 6.58 Å². The van der Waals surface area contributed by atoms with Crippen molar-refractivity contribution in [1.29, 1.82) is 0 Å². The topological polar surface area (TPSA) is 22.1 Å². The highest BCUT2D eigenvalue weighted by Gasteiger charge is 2.54. The molecule has 3 nitrogen and oxygen atoms in total. The third kappa shape index (κ3) is 3.68. The molecule has 1 aromatic heterocycles. The van der Waals surface area contributed by atoms with Gasteiger partial charge in [0.25, 0.3) is 0 Å². The summed E-state index contributed by atoms with van der Waals surface area (Å²) in [5, 5.41) is 6.61. The summed E-state index contributed by atoms with van der Waals surface area (Å²) in [5.74, 6) is 1.22. The number of piperidine rings is 3. The smallest absolute Gasteiger partial charge is 0.135 e. The van der Waals surface area contributed by atoms with E-state index in [4.69, 9.17) is 4.74 Å². The molecular weight excluding hydrogens is 464 g/mol. The van der Waals surface area contributed by atoms with E-state index >= 15 is 0 Å². The number of methoxy groups -OCH3 is 1. The zero-order chi connectivity index (χ0) is 25.7. The molecule has 2 bridgehead atoms. The molecule has 8 rings (SSSR count). The van der Waals surface area contributed by atoms with Crippen LogP contribution in [-0.2, 0) is 11.3 Å². The molecule has 0 spiro atoms. The van der Waals surface area contributed by atoms with Gasteiger partial charge >= 0.3 is 0 Å². The summed E-state index contributed by atoms with van der Waals surface area (Å²) in [6.07, 6.45) is 6.61. The molecule has 3 heteroatoms. The molecule has 3 saturated heterocycles. The zero-order valence-corrected chi connectivity index (χ0v) is 22.1. The van der Waals surface area contributed by atoms with Crippen LogP contribution >= 0.6 is 0 Å². The van der Waals surface area contributed by atoms with Crippen molar-refractivity contribution in [3.8, 4) is 0 Å². The number of fused-ring (bicyclic) bond motifs is 6. The van der Waals surface area contributed by atoms with Gasteiger partial charge in [-0.05, 0) is 51.2 Å². The standard InChI is InChI=1S/C35H35N2O/c1-3-24-22-37(23-32-28-12-6-4-10-26(28)20-27-11-5-7-13-29(27)32)19-17-25(24)21-34(37)35(38-2)31-16-18-36-33-15-9-8-14-30(31)33/h3-16,18,20,24-25,34-35H,1,17,19,21-23H2,2H3/q+1/t24?,25?,34?,35-,37?/m1/s1. The molecule has 190 valence electrons. The number of hydrogen-bond donors (Lipinski definition) is 0. The van der Waals surface area contributed by atoms with E-state index in [0.29, 0.717) is 17.9 Å². The predicted octanol–water partition coefficient (Wildman–Crippen LogP) is 7.84. The van der Waals surface area contributed by atoms with Crippen LogP contribution < -0.4 is 0 Å². The summed E-state index contributed by atoms with van der Waals surface area (Å²) < 4.78 is 7.52. The molecule has 38 heavy (non-hydrogen) atoms. The van der Waals surface area contributed by atoms with Crippen LogP contribution in [0.3, 0.4) is 0 Å². The first-order chi connectivity index (χ1) is 18.7. The highest BCUT2D eigenvalue weighted by molar-refractivity contribution is 6.02. The van der Waals surface area contributed by atoms with Gasteiger partial charge in [0.15, 0.2) is 0 Å². The molecule has 4 unspecified atom stereocenters.